The predicted octanol–water partition coefficient (Wildman–Crippen LogP) is 4.89. The topological polar surface area (TPSA) is 68.1 Å². The molecule has 0 N–H and O–H groups in total. The molecule has 0 atom stereocenters. The van der Waals surface area contributed by atoms with E-state index < -0.39 is 21.7 Å². The second-order valence-electron chi connectivity index (χ2n) is 9.20. The number of nitrogens with zero attached hydrogens (tertiary/aromatic N) is 4. The van der Waals surface area contributed by atoms with E-state index in [9.17, 15) is 17.2 Å². The third-order valence-electron chi connectivity index (χ3n) is 7.12. The molecule has 3 heterocycles. The van der Waals surface area contributed by atoms with Gasteiger partial charge in [0.2, 0.25) is 10.0 Å². The summed E-state index contributed by atoms with van der Waals surface area (Å²) in [5.74, 6) is -0.980. The molecule has 1 fully saturated rings. The van der Waals surface area contributed by atoms with Crippen LogP contribution < -0.4 is 0 Å². The molecule has 0 bridgehead atoms. The number of halogens is 2. The Morgan fingerprint density at radius 3 is 2.54 bits per heavy atom. The van der Waals surface area contributed by atoms with Crippen LogP contribution in [0, 0.1) is 11.6 Å². The first-order valence-electron chi connectivity index (χ1n) is 11.8. The Morgan fingerprint density at radius 2 is 1.74 bits per heavy atom. The molecule has 0 amide bonds. The number of hydrogen-bond acceptors (Lipinski definition) is 4. The molecule has 4 aromatic rings. The molecular weight excluding hydrogens is 470 g/mol. The fourth-order valence-corrected chi connectivity index (χ4v) is 6.86. The average molecular weight is 495 g/mol. The molecule has 0 spiro atoms. The van der Waals surface area contributed by atoms with Crippen molar-refractivity contribution in [3.8, 4) is 11.4 Å². The van der Waals surface area contributed by atoms with Crippen molar-refractivity contribution in [1.29, 1.82) is 0 Å². The Bertz CT molecular complexity index is 1540. The fourth-order valence-electron chi connectivity index (χ4n) is 5.33. The van der Waals surface area contributed by atoms with E-state index in [0.29, 0.717) is 47.8 Å². The predicted molar refractivity (Wildman–Crippen MR) is 128 cm³/mol. The molecular formula is C26H24F2N4O2S. The highest BCUT2D eigenvalue weighted by Crippen LogP contribution is 2.35. The van der Waals surface area contributed by atoms with E-state index in [4.69, 9.17) is 0 Å². The molecule has 1 aliphatic heterocycles. The Hall–Kier alpha value is -3.17. The largest absolute Gasteiger partial charge is 0.305 e. The van der Waals surface area contributed by atoms with Gasteiger partial charge in [0.1, 0.15) is 23.0 Å². The lowest BCUT2D eigenvalue weighted by molar-refractivity contribution is 0.278. The summed E-state index contributed by atoms with van der Waals surface area (Å²) in [7, 11) is -3.60. The van der Waals surface area contributed by atoms with Crippen molar-refractivity contribution in [2.24, 2.45) is 0 Å². The Kier molecular flexibility index (Phi) is 5.41. The number of sulfonamides is 1. The summed E-state index contributed by atoms with van der Waals surface area (Å²) in [5.41, 5.74) is 3.77. The number of hydrogen-bond donors (Lipinski definition) is 0. The minimum atomic E-state index is -3.60. The Balaban J connectivity index is 1.31. The van der Waals surface area contributed by atoms with Crippen LogP contribution in [0.15, 0.2) is 59.6 Å². The first-order chi connectivity index (χ1) is 16.9. The molecule has 0 unspecified atom stereocenters. The van der Waals surface area contributed by atoms with Crippen LogP contribution in [0.1, 0.15) is 36.4 Å². The van der Waals surface area contributed by atoms with Crippen LogP contribution in [-0.2, 0) is 22.9 Å². The Labute approximate surface area is 202 Å². The van der Waals surface area contributed by atoms with Gasteiger partial charge >= 0.3 is 0 Å². The average Bonchev–Trinajstić information content (AvgIpc) is 3.48. The monoisotopic (exact) mass is 494 g/mol. The van der Waals surface area contributed by atoms with Crippen molar-refractivity contribution >= 4 is 21.2 Å². The standard InChI is InChI=1S/C26H24F2N4O2S/c27-19-7-9-22(23(28)16-19)25-30-24-5-2-12-29-26(24)32(25)20-10-13-31(14-11-20)35(33,34)21-8-6-17-3-1-4-18(17)15-21/h2,5-9,12,15-16,20H,1,3-4,10-11,13-14H2. The summed E-state index contributed by atoms with van der Waals surface area (Å²) in [5, 5.41) is 0. The van der Waals surface area contributed by atoms with Gasteiger partial charge in [0.15, 0.2) is 5.65 Å². The van der Waals surface area contributed by atoms with Gasteiger partial charge < -0.3 is 4.57 Å². The zero-order valence-electron chi connectivity index (χ0n) is 19.0. The van der Waals surface area contributed by atoms with E-state index in [1.165, 1.54) is 22.0 Å². The molecule has 6 nitrogen and oxygen atoms in total. The number of aromatic nitrogens is 3. The molecule has 2 aliphatic rings. The number of imidazole rings is 1. The SMILES string of the molecule is O=S(=O)(c1ccc2c(c1)CCC2)N1CCC(n2c(-c3ccc(F)cc3F)nc3cccnc32)CC1. The van der Waals surface area contributed by atoms with E-state index in [2.05, 4.69) is 9.97 Å². The molecule has 2 aromatic heterocycles. The maximum atomic E-state index is 14.7. The first-order valence-corrected chi connectivity index (χ1v) is 13.3. The number of rotatable bonds is 4. The number of piperidine rings is 1. The van der Waals surface area contributed by atoms with Crippen molar-refractivity contribution in [1.82, 2.24) is 18.8 Å². The maximum absolute atomic E-state index is 14.7. The van der Waals surface area contributed by atoms with Crippen molar-refractivity contribution in [3.05, 3.63) is 77.5 Å². The number of fused-ring (bicyclic) bond motifs is 2. The van der Waals surface area contributed by atoms with Crippen molar-refractivity contribution in [2.45, 2.75) is 43.0 Å². The lowest BCUT2D eigenvalue weighted by Crippen LogP contribution is -2.39. The zero-order chi connectivity index (χ0) is 24.2. The van der Waals surface area contributed by atoms with Crippen LogP contribution >= 0.6 is 0 Å². The van der Waals surface area contributed by atoms with Gasteiger partial charge in [-0.2, -0.15) is 4.31 Å². The summed E-state index contributed by atoms with van der Waals surface area (Å²) in [6, 6.07) is 12.4. The highest BCUT2D eigenvalue weighted by molar-refractivity contribution is 7.89. The molecule has 2 aromatic carbocycles. The molecule has 0 saturated carbocycles. The molecule has 35 heavy (non-hydrogen) atoms. The minimum Gasteiger partial charge on any atom is -0.305 e. The van der Waals surface area contributed by atoms with Crippen LogP contribution in [0.2, 0.25) is 0 Å². The first kappa shape index (κ1) is 22.3. The fraction of sp³-hybridized carbons (Fsp3) is 0.308. The Morgan fingerprint density at radius 1 is 0.943 bits per heavy atom. The van der Waals surface area contributed by atoms with Crippen LogP contribution in [0.3, 0.4) is 0 Å². The summed E-state index contributed by atoms with van der Waals surface area (Å²) in [6.45, 7) is 0.670. The lowest BCUT2D eigenvalue weighted by Gasteiger charge is -2.32. The minimum absolute atomic E-state index is 0.124. The van der Waals surface area contributed by atoms with Gasteiger partial charge in [-0.15, -0.1) is 0 Å². The van der Waals surface area contributed by atoms with Crippen LogP contribution in [0.4, 0.5) is 8.78 Å². The number of pyridine rings is 1. The molecule has 180 valence electrons. The van der Waals surface area contributed by atoms with E-state index >= 15 is 0 Å². The van der Waals surface area contributed by atoms with Crippen molar-refractivity contribution in [2.75, 3.05) is 13.1 Å². The van der Waals surface area contributed by atoms with Gasteiger partial charge in [-0.25, -0.2) is 27.2 Å². The van der Waals surface area contributed by atoms with Gasteiger partial charge in [-0.3, -0.25) is 0 Å². The van der Waals surface area contributed by atoms with E-state index in [1.807, 2.05) is 16.7 Å². The number of benzene rings is 2. The quantitative estimate of drug-likeness (QED) is 0.405. The normalized spacial score (nSPS) is 17.2. The van der Waals surface area contributed by atoms with E-state index in [0.717, 1.165) is 30.9 Å². The molecule has 0 radical (unpaired) electrons. The van der Waals surface area contributed by atoms with Gasteiger partial charge in [-0.05, 0) is 79.6 Å². The van der Waals surface area contributed by atoms with Crippen LogP contribution in [0.25, 0.3) is 22.6 Å². The van der Waals surface area contributed by atoms with Crippen molar-refractivity contribution < 1.29 is 17.2 Å². The molecule has 1 saturated heterocycles. The second-order valence-corrected chi connectivity index (χ2v) is 11.1. The lowest BCUT2D eigenvalue weighted by atomic mass is 10.1. The summed E-state index contributed by atoms with van der Waals surface area (Å²) >= 11 is 0. The summed E-state index contributed by atoms with van der Waals surface area (Å²) in [6.07, 6.45) is 5.70. The van der Waals surface area contributed by atoms with Gasteiger partial charge in [0.05, 0.1) is 10.5 Å². The molecule has 6 rings (SSSR count). The third-order valence-corrected chi connectivity index (χ3v) is 9.01. The highest BCUT2D eigenvalue weighted by atomic mass is 32.2. The third kappa shape index (κ3) is 3.83. The molecule has 9 heteroatoms. The van der Waals surface area contributed by atoms with Gasteiger partial charge in [0, 0.05) is 31.4 Å². The maximum Gasteiger partial charge on any atom is 0.243 e. The highest BCUT2D eigenvalue weighted by Gasteiger charge is 2.33. The molecule has 1 aliphatic carbocycles. The van der Waals surface area contributed by atoms with Gasteiger partial charge in [-0.1, -0.05) is 6.07 Å². The van der Waals surface area contributed by atoms with E-state index in [-0.39, 0.29) is 11.6 Å². The summed E-state index contributed by atoms with van der Waals surface area (Å²) < 4.78 is 58.4. The summed E-state index contributed by atoms with van der Waals surface area (Å²) in [4.78, 5) is 9.42. The van der Waals surface area contributed by atoms with Gasteiger partial charge in [0.25, 0.3) is 0 Å². The zero-order valence-corrected chi connectivity index (χ0v) is 19.8. The van der Waals surface area contributed by atoms with Crippen molar-refractivity contribution in [3.63, 3.8) is 0 Å². The smallest absolute Gasteiger partial charge is 0.243 e. The van der Waals surface area contributed by atoms with Crippen LogP contribution in [0.5, 0.6) is 0 Å². The van der Waals surface area contributed by atoms with E-state index in [1.54, 1.807) is 24.4 Å². The number of aryl methyl sites for hydroxylation is 2. The second kappa shape index (κ2) is 8.49. The van der Waals surface area contributed by atoms with Crippen LogP contribution in [-0.4, -0.2) is 40.3 Å².